The first-order valence-electron chi connectivity index (χ1n) is 7.48. The molecule has 23 heavy (non-hydrogen) atoms. The fraction of sp³-hybridized carbons (Fsp3) is 0.353. The number of thiazole rings is 1. The maximum Gasteiger partial charge on any atom is 0.326 e. The van der Waals surface area contributed by atoms with Crippen LogP contribution in [0.5, 0.6) is 0 Å². The number of carbonyl (C=O) groups is 2. The van der Waals surface area contributed by atoms with E-state index in [1.807, 2.05) is 32.2 Å². The molecule has 2 N–H and O–H groups in total. The Kier molecular flexibility index (Phi) is 5.50. The van der Waals surface area contributed by atoms with Crippen molar-refractivity contribution in [3.05, 3.63) is 40.2 Å². The van der Waals surface area contributed by atoms with Crippen molar-refractivity contribution in [3.63, 3.8) is 0 Å². The van der Waals surface area contributed by atoms with Gasteiger partial charge in [-0.1, -0.05) is 32.4 Å². The third-order valence-corrected chi connectivity index (χ3v) is 4.58. The minimum atomic E-state index is -1.01. The van der Waals surface area contributed by atoms with Crippen LogP contribution in [0.1, 0.15) is 35.6 Å². The second-order valence-corrected chi connectivity index (χ2v) is 6.57. The first-order chi connectivity index (χ1) is 10.9. The van der Waals surface area contributed by atoms with Crippen LogP contribution in [0.4, 0.5) is 0 Å². The predicted octanol–water partition coefficient (Wildman–Crippen LogP) is 3.35. The molecule has 1 aromatic carbocycles. The second-order valence-electron chi connectivity index (χ2n) is 5.51. The zero-order valence-electron chi connectivity index (χ0n) is 13.4. The minimum Gasteiger partial charge on any atom is -0.480 e. The Labute approximate surface area is 139 Å². The van der Waals surface area contributed by atoms with Gasteiger partial charge in [0.1, 0.15) is 6.04 Å². The van der Waals surface area contributed by atoms with Gasteiger partial charge >= 0.3 is 5.97 Å². The summed E-state index contributed by atoms with van der Waals surface area (Å²) in [5.74, 6) is -1.54. The van der Waals surface area contributed by atoms with E-state index in [-0.39, 0.29) is 11.8 Å². The third-order valence-electron chi connectivity index (χ3n) is 3.81. The van der Waals surface area contributed by atoms with Gasteiger partial charge in [0.2, 0.25) is 0 Å². The van der Waals surface area contributed by atoms with Crippen LogP contribution in [-0.4, -0.2) is 28.0 Å². The van der Waals surface area contributed by atoms with Crippen molar-refractivity contribution in [1.29, 1.82) is 0 Å². The van der Waals surface area contributed by atoms with Crippen molar-refractivity contribution in [3.8, 4) is 11.3 Å². The molecule has 1 amide bonds. The van der Waals surface area contributed by atoms with Crippen LogP contribution in [0.25, 0.3) is 11.3 Å². The Morgan fingerprint density at radius 1 is 1.39 bits per heavy atom. The molecule has 0 radical (unpaired) electrons. The number of carbonyl (C=O) groups excluding carboxylic acids is 1. The Morgan fingerprint density at radius 3 is 2.70 bits per heavy atom. The van der Waals surface area contributed by atoms with E-state index < -0.39 is 12.0 Å². The zero-order chi connectivity index (χ0) is 17.0. The largest absolute Gasteiger partial charge is 0.480 e. The van der Waals surface area contributed by atoms with E-state index in [2.05, 4.69) is 10.3 Å². The van der Waals surface area contributed by atoms with Gasteiger partial charge in [0.25, 0.3) is 5.91 Å². The highest BCUT2D eigenvalue weighted by Crippen LogP contribution is 2.22. The molecule has 1 aromatic heterocycles. The standard InChI is InChI=1S/C17H20N2O3S/c1-4-10(2)15(17(21)22)19-16(20)13-7-5-6-12(8-13)14-9-23-11(3)18-14/h5-10,15H,4H2,1-3H3,(H,19,20)(H,21,22)/t10-,15-/m0/s1. The molecule has 0 saturated carbocycles. The first-order valence-corrected chi connectivity index (χ1v) is 8.36. The summed E-state index contributed by atoms with van der Waals surface area (Å²) in [6.07, 6.45) is 0.676. The van der Waals surface area contributed by atoms with Crippen molar-refractivity contribution in [2.24, 2.45) is 5.92 Å². The summed E-state index contributed by atoms with van der Waals surface area (Å²) >= 11 is 1.55. The highest BCUT2D eigenvalue weighted by molar-refractivity contribution is 7.09. The second kappa shape index (κ2) is 7.37. The van der Waals surface area contributed by atoms with Gasteiger partial charge < -0.3 is 10.4 Å². The van der Waals surface area contributed by atoms with Gasteiger partial charge in [-0.05, 0) is 25.0 Å². The lowest BCUT2D eigenvalue weighted by Crippen LogP contribution is -2.45. The molecule has 2 aromatic rings. The van der Waals surface area contributed by atoms with Crippen LogP contribution in [0, 0.1) is 12.8 Å². The number of nitrogens with one attached hydrogen (secondary N) is 1. The number of aryl methyl sites for hydroxylation is 1. The molecule has 0 aliphatic rings. The third kappa shape index (κ3) is 4.16. The van der Waals surface area contributed by atoms with Gasteiger partial charge in [-0.3, -0.25) is 4.79 Å². The summed E-state index contributed by atoms with van der Waals surface area (Å²) in [7, 11) is 0. The molecule has 0 bridgehead atoms. The molecule has 6 heteroatoms. The molecule has 0 aliphatic carbocycles. The highest BCUT2D eigenvalue weighted by atomic mass is 32.1. The van der Waals surface area contributed by atoms with Crippen molar-refractivity contribution in [2.45, 2.75) is 33.2 Å². The maximum atomic E-state index is 12.4. The van der Waals surface area contributed by atoms with Crippen LogP contribution < -0.4 is 5.32 Å². The molecule has 1 heterocycles. The van der Waals surface area contributed by atoms with Crippen LogP contribution in [0.2, 0.25) is 0 Å². The molecule has 0 unspecified atom stereocenters. The van der Waals surface area contributed by atoms with Crippen molar-refractivity contribution < 1.29 is 14.7 Å². The van der Waals surface area contributed by atoms with E-state index in [0.29, 0.717) is 12.0 Å². The number of aliphatic carboxylic acids is 1. The Balaban J connectivity index is 2.21. The topological polar surface area (TPSA) is 79.3 Å². The van der Waals surface area contributed by atoms with E-state index in [1.165, 1.54) is 0 Å². The molecule has 122 valence electrons. The summed E-state index contributed by atoms with van der Waals surface area (Å²) in [4.78, 5) is 28.1. The number of carboxylic acids is 1. The SMILES string of the molecule is CC[C@H](C)[C@H](NC(=O)c1cccc(-c2csc(C)n2)c1)C(=O)O. The summed E-state index contributed by atoms with van der Waals surface area (Å²) in [6.45, 7) is 5.64. The molecule has 0 aliphatic heterocycles. The van der Waals surface area contributed by atoms with Gasteiger partial charge in [0.05, 0.1) is 10.7 Å². The van der Waals surface area contributed by atoms with Crippen molar-refractivity contribution in [2.75, 3.05) is 0 Å². The zero-order valence-corrected chi connectivity index (χ0v) is 14.2. The smallest absolute Gasteiger partial charge is 0.326 e. The number of rotatable bonds is 6. The summed E-state index contributed by atoms with van der Waals surface area (Å²) in [6, 6.07) is 6.18. The number of carboxylic acid groups (broad SMARTS) is 1. The number of hydrogen-bond acceptors (Lipinski definition) is 4. The van der Waals surface area contributed by atoms with E-state index >= 15 is 0 Å². The Morgan fingerprint density at radius 2 is 2.13 bits per heavy atom. The lowest BCUT2D eigenvalue weighted by molar-refractivity contribution is -0.140. The number of aromatic nitrogens is 1. The molecule has 2 rings (SSSR count). The Bertz CT molecular complexity index is 711. The van der Waals surface area contributed by atoms with Gasteiger partial charge in [0, 0.05) is 16.5 Å². The predicted molar refractivity (Wildman–Crippen MR) is 90.6 cm³/mol. The highest BCUT2D eigenvalue weighted by Gasteiger charge is 2.25. The molecule has 5 nitrogen and oxygen atoms in total. The molecule has 0 spiro atoms. The minimum absolute atomic E-state index is 0.138. The van der Waals surface area contributed by atoms with Gasteiger partial charge in [-0.15, -0.1) is 11.3 Å². The molecule has 0 saturated heterocycles. The number of benzene rings is 1. The maximum absolute atomic E-state index is 12.4. The van der Waals surface area contributed by atoms with Gasteiger partial charge in [0.15, 0.2) is 0 Å². The summed E-state index contributed by atoms with van der Waals surface area (Å²) in [5, 5.41) is 14.8. The number of amides is 1. The fourth-order valence-corrected chi connectivity index (χ4v) is 2.85. The first kappa shape index (κ1) is 17.1. The van der Waals surface area contributed by atoms with E-state index in [9.17, 15) is 14.7 Å². The van der Waals surface area contributed by atoms with Crippen molar-refractivity contribution >= 4 is 23.2 Å². The van der Waals surface area contributed by atoms with Crippen molar-refractivity contribution in [1.82, 2.24) is 10.3 Å². The number of hydrogen-bond donors (Lipinski definition) is 2. The van der Waals surface area contributed by atoms with Crippen LogP contribution in [0.3, 0.4) is 0 Å². The average molecular weight is 332 g/mol. The number of nitrogens with zero attached hydrogens (tertiary/aromatic N) is 1. The monoisotopic (exact) mass is 332 g/mol. The molecule has 2 atom stereocenters. The van der Waals surface area contributed by atoms with Crippen LogP contribution in [-0.2, 0) is 4.79 Å². The van der Waals surface area contributed by atoms with E-state index in [4.69, 9.17) is 0 Å². The van der Waals surface area contributed by atoms with E-state index in [1.54, 1.807) is 29.5 Å². The fourth-order valence-electron chi connectivity index (χ4n) is 2.22. The average Bonchev–Trinajstić information content (AvgIpc) is 2.98. The Hall–Kier alpha value is -2.21. The molecular weight excluding hydrogens is 312 g/mol. The molecular formula is C17H20N2O3S. The summed E-state index contributed by atoms with van der Waals surface area (Å²) in [5.41, 5.74) is 2.10. The quantitative estimate of drug-likeness (QED) is 0.850. The van der Waals surface area contributed by atoms with Crippen LogP contribution in [0.15, 0.2) is 29.6 Å². The normalized spacial score (nSPS) is 13.3. The lowest BCUT2D eigenvalue weighted by atomic mass is 9.98. The van der Waals surface area contributed by atoms with E-state index in [0.717, 1.165) is 16.3 Å². The lowest BCUT2D eigenvalue weighted by Gasteiger charge is -2.20. The molecule has 0 fully saturated rings. The summed E-state index contributed by atoms with van der Waals surface area (Å²) < 4.78 is 0. The van der Waals surface area contributed by atoms with Gasteiger partial charge in [-0.2, -0.15) is 0 Å². The van der Waals surface area contributed by atoms with Gasteiger partial charge in [-0.25, -0.2) is 9.78 Å². The van der Waals surface area contributed by atoms with Crippen LogP contribution >= 0.6 is 11.3 Å².